The molecule has 0 aromatic heterocycles. The van der Waals surface area contributed by atoms with Gasteiger partial charge < -0.3 is 15.4 Å². The van der Waals surface area contributed by atoms with Gasteiger partial charge >= 0.3 is 0 Å². The zero-order chi connectivity index (χ0) is 13.3. The number of rotatable bonds is 1. The zero-order valence-corrected chi connectivity index (χ0v) is 10.7. The molecule has 2 N–H and O–H groups in total. The summed E-state index contributed by atoms with van der Waals surface area (Å²) >= 11 is 0. The SMILES string of the molecule is CC(C)(C)NC(=O)c1ccc2c(c1)OCC(=O)N2. The van der Waals surface area contributed by atoms with Gasteiger partial charge in [0.1, 0.15) is 5.75 Å². The van der Waals surface area contributed by atoms with Crippen molar-refractivity contribution in [1.82, 2.24) is 5.32 Å². The predicted octanol–water partition coefficient (Wildman–Crippen LogP) is 1.55. The summed E-state index contributed by atoms with van der Waals surface area (Å²) in [7, 11) is 0. The molecule has 5 nitrogen and oxygen atoms in total. The van der Waals surface area contributed by atoms with E-state index in [-0.39, 0.29) is 24.0 Å². The van der Waals surface area contributed by atoms with Gasteiger partial charge in [-0.25, -0.2) is 0 Å². The molecule has 0 radical (unpaired) electrons. The molecule has 0 atom stereocenters. The first kappa shape index (κ1) is 12.4. The minimum atomic E-state index is -0.290. The number of ether oxygens (including phenoxy) is 1. The van der Waals surface area contributed by atoms with Gasteiger partial charge in [-0.3, -0.25) is 9.59 Å². The second-order valence-corrected chi connectivity index (χ2v) is 5.25. The Labute approximate surface area is 106 Å². The van der Waals surface area contributed by atoms with Crippen LogP contribution in [0, 0.1) is 0 Å². The van der Waals surface area contributed by atoms with Gasteiger partial charge in [-0.05, 0) is 39.0 Å². The first-order chi connectivity index (χ1) is 8.35. The first-order valence-corrected chi connectivity index (χ1v) is 5.74. The lowest BCUT2D eigenvalue weighted by Crippen LogP contribution is -2.40. The molecule has 1 aliphatic heterocycles. The van der Waals surface area contributed by atoms with Crippen LogP contribution in [0.4, 0.5) is 5.69 Å². The van der Waals surface area contributed by atoms with Crippen LogP contribution < -0.4 is 15.4 Å². The van der Waals surface area contributed by atoms with Gasteiger partial charge in [-0.15, -0.1) is 0 Å². The fourth-order valence-corrected chi connectivity index (χ4v) is 1.63. The minimum Gasteiger partial charge on any atom is -0.482 e. The number of anilines is 1. The molecule has 0 fully saturated rings. The molecule has 2 rings (SSSR count). The summed E-state index contributed by atoms with van der Waals surface area (Å²) in [4.78, 5) is 23.1. The average Bonchev–Trinajstić information content (AvgIpc) is 2.26. The number of hydrogen-bond donors (Lipinski definition) is 2. The number of benzene rings is 1. The van der Waals surface area contributed by atoms with Crippen LogP contribution in [-0.2, 0) is 4.79 Å². The van der Waals surface area contributed by atoms with Crippen LogP contribution in [0.3, 0.4) is 0 Å². The Balaban J connectivity index is 2.21. The molecular formula is C13H16N2O3. The number of hydrogen-bond acceptors (Lipinski definition) is 3. The van der Waals surface area contributed by atoms with Crippen molar-refractivity contribution in [2.75, 3.05) is 11.9 Å². The highest BCUT2D eigenvalue weighted by atomic mass is 16.5. The van der Waals surface area contributed by atoms with Crippen molar-refractivity contribution in [2.45, 2.75) is 26.3 Å². The van der Waals surface area contributed by atoms with Crippen molar-refractivity contribution >= 4 is 17.5 Å². The maximum Gasteiger partial charge on any atom is 0.262 e. The molecule has 1 aromatic rings. The topological polar surface area (TPSA) is 67.4 Å². The van der Waals surface area contributed by atoms with E-state index in [9.17, 15) is 9.59 Å². The van der Waals surface area contributed by atoms with Gasteiger partial charge in [0, 0.05) is 11.1 Å². The van der Waals surface area contributed by atoms with Crippen LogP contribution in [0.5, 0.6) is 5.75 Å². The average molecular weight is 248 g/mol. The number of amides is 2. The van der Waals surface area contributed by atoms with E-state index in [1.165, 1.54) is 0 Å². The van der Waals surface area contributed by atoms with Crippen molar-refractivity contribution in [3.05, 3.63) is 23.8 Å². The molecule has 0 unspecified atom stereocenters. The van der Waals surface area contributed by atoms with Crippen LogP contribution in [0.25, 0.3) is 0 Å². The smallest absolute Gasteiger partial charge is 0.262 e. The summed E-state index contributed by atoms with van der Waals surface area (Å²) < 4.78 is 5.26. The summed E-state index contributed by atoms with van der Waals surface area (Å²) in [5, 5.41) is 5.55. The van der Waals surface area contributed by atoms with Crippen LogP contribution in [-0.4, -0.2) is 24.0 Å². The number of carbonyl (C=O) groups excluding carboxylic acids is 2. The molecular weight excluding hydrogens is 232 g/mol. The van der Waals surface area contributed by atoms with Gasteiger partial charge in [0.05, 0.1) is 5.69 Å². The summed E-state index contributed by atoms with van der Waals surface area (Å²) in [6.45, 7) is 5.73. The Kier molecular flexibility index (Phi) is 2.98. The molecule has 1 aliphatic rings. The van der Waals surface area contributed by atoms with E-state index in [0.717, 1.165) is 0 Å². The summed E-state index contributed by atoms with van der Waals surface area (Å²) in [6, 6.07) is 4.97. The molecule has 1 aromatic carbocycles. The lowest BCUT2D eigenvalue weighted by atomic mass is 10.1. The van der Waals surface area contributed by atoms with Gasteiger partial charge in [-0.1, -0.05) is 0 Å². The third-order valence-electron chi connectivity index (χ3n) is 2.37. The Morgan fingerprint density at radius 1 is 1.39 bits per heavy atom. The second kappa shape index (κ2) is 4.33. The maximum absolute atomic E-state index is 12.0. The van der Waals surface area contributed by atoms with E-state index >= 15 is 0 Å². The third-order valence-corrected chi connectivity index (χ3v) is 2.37. The molecule has 0 saturated carbocycles. The highest BCUT2D eigenvalue weighted by molar-refractivity contribution is 5.99. The highest BCUT2D eigenvalue weighted by Gasteiger charge is 2.20. The van der Waals surface area contributed by atoms with Crippen LogP contribution in [0.2, 0.25) is 0 Å². The quantitative estimate of drug-likeness (QED) is 0.792. The number of fused-ring (bicyclic) bond motifs is 1. The fraction of sp³-hybridized carbons (Fsp3) is 0.385. The van der Waals surface area contributed by atoms with Gasteiger partial charge in [0.25, 0.3) is 11.8 Å². The predicted molar refractivity (Wildman–Crippen MR) is 67.8 cm³/mol. The Morgan fingerprint density at radius 2 is 2.11 bits per heavy atom. The molecule has 0 spiro atoms. The van der Waals surface area contributed by atoms with E-state index in [2.05, 4.69) is 10.6 Å². The molecule has 0 aliphatic carbocycles. The first-order valence-electron chi connectivity index (χ1n) is 5.74. The zero-order valence-electron chi connectivity index (χ0n) is 10.7. The van der Waals surface area contributed by atoms with Crippen LogP contribution in [0.15, 0.2) is 18.2 Å². The summed E-state index contributed by atoms with van der Waals surface area (Å²) in [5.74, 6) is 0.177. The molecule has 5 heteroatoms. The summed E-state index contributed by atoms with van der Waals surface area (Å²) in [5.41, 5.74) is 0.820. The van der Waals surface area contributed by atoms with E-state index < -0.39 is 0 Å². The van der Waals surface area contributed by atoms with E-state index in [1.54, 1.807) is 18.2 Å². The number of carbonyl (C=O) groups is 2. The van der Waals surface area contributed by atoms with Gasteiger partial charge in [0.15, 0.2) is 6.61 Å². The van der Waals surface area contributed by atoms with Crippen molar-refractivity contribution < 1.29 is 14.3 Å². The van der Waals surface area contributed by atoms with E-state index in [0.29, 0.717) is 17.0 Å². The highest BCUT2D eigenvalue weighted by Crippen LogP contribution is 2.28. The van der Waals surface area contributed by atoms with Gasteiger partial charge in [-0.2, -0.15) is 0 Å². The Bertz CT molecular complexity index is 503. The molecule has 18 heavy (non-hydrogen) atoms. The molecule has 96 valence electrons. The molecule has 1 heterocycles. The van der Waals surface area contributed by atoms with E-state index in [4.69, 9.17) is 4.74 Å². The Hall–Kier alpha value is -2.04. The van der Waals surface area contributed by atoms with Crippen molar-refractivity contribution in [2.24, 2.45) is 0 Å². The standard InChI is InChI=1S/C13H16N2O3/c1-13(2,3)15-12(17)8-4-5-9-10(6-8)18-7-11(16)14-9/h4-6H,7H2,1-3H3,(H,14,16)(H,15,17). The third kappa shape index (κ3) is 2.80. The maximum atomic E-state index is 12.0. The van der Waals surface area contributed by atoms with Crippen LogP contribution >= 0.6 is 0 Å². The Morgan fingerprint density at radius 3 is 2.78 bits per heavy atom. The molecule has 0 bridgehead atoms. The summed E-state index contributed by atoms with van der Waals surface area (Å²) in [6.07, 6.45) is 0. The van der Waals surface area contributed by atoms with Crippen molar-refractivity contribution in [3.8, 4) is 5.75 Å². The molecule has 0 saturated heterocycles. The lowest BCUT2D eigenvalue weighted by molar-refractivity contribution is -0.118. The fourth-order valence-electron chi connectivity index (χ4n) is 1.63. The van der Waals surface area contributed by atoms with Crippen molar-refractivity contribution in [1.29, 1.82) is 0 Å². The minimum absolute atomic E-state index is 0.0165. The number of nitrogens with one attached hydrogen (secondary N) is 2. The normalized spacial score (nSPS) is 14.3. The second-order valence-electron chi connectivity index (χ2n) is 5.25. The lowest BCUT2D eigenvalue weighted by Gasteiger charge is -2.22. The largest absolute Gasteiger partial charge is 0.482 e. The monoisotopic (exact) mass is 248 g/mol. The van der Waals surface area contributed by atoms with Crippen molar-refractivity contribution in [3.63, 3.8) is 0 Å². The van der Waals surface area contributed by atoms with Gasteiger partial charge in [0.2, 0.25) is 0 Å². The molecule has 2 amide bonds. The van der Waals surface area contributed by atoms with Crippen LogP contribution in [0.1, 0.15) is 31.1 Å². The van der Waals surface area contributed by atoms with E-state index in [1.807, 2.05) is 20.8 Å².